The fourth-order valence-corrected chi connectivity index (χ4v) is 2.91. The van der Waals surface area contributed by atoms with Gasteiger partial charge in [-0.25, -0.2) is 0 Å². The molecular weight excluding hydrogens is 284 g/mol. The molecule has 1 aromatic carbocycles. The van der Waals surface area contributed by atoms with Gasteiger partial charge in [-0.15, -0.1) is 0 Å². The zero-order chi connectivity index (χ0) is 15.7. The van der Waals surface area contributed by atoms with Crippen LogP contribution in [0, 0.1) is 5.92 Å². The quantitative estimate of drug-likeness (QED) is 0.841. The Balaban J connectivity index is 1.82. The molecule has 3 rings (SSSR count). The van der Waals surface area contributed by atoms with Crippen LogP contribution in [-0.4, -0.2) is 50.6 Å². The summed E-state index contributed by atoms with van der Waals surface area (Å²) in [5, 5.41) is 0. The fraction of sp³-hybridized carbons (Fsp3) is 0.500. The van der Waals surface area contributed by atoms with E-state index in [4.69, 9.17) is 9.47 Å². The molecular formula is C16H20N2O4. The Morgan fingerprint density at radius 1 is 1.23 bits per heavy atom. The van der Waals surface area contributed by atoms with E-state index in [1.54, 1.807) is 37.3 Å². The Hall–Kier alpha value is -2.24. The van der Waals surface area contributed by atoms with Crippen molar-refractivity contribution in [3.05, 3.63) is 18.2 Å². The molecule has 0 aliphatic carbocycles. The number of anilines is 1. The third-order valence-corrected chi connectivity index (χ3v) is 4.32. The van der Waals surface area contributed by atoms with Crippen molar-refractivity contribution >= 4 is 17.5 Å². The van der Waals surface area contributed by atoms with Crippen LogP contribution >= 0.6 is 0 Å². The second-order valence-electron chi connectivity index (χ2n) is 5.62. The topological polar surface area (TPSA) is 59.1 Å². The first-order valence-electron chi connectivity index (χ1n) is 7.45. The Labute approximate surface area is 129 Å². The third-order valence-electron chi connectivity index (χ3n) is 4.32. The number of hydrogen-bond acceptors (Lipinski definition) is 4. The van der Waals surface area contributed by atoms with Crippen LogP contribution in [0.15, 0.2) is 18.2 Å². The molecule has 2 aliphatic rings. The summed E-state index contributed by atoms with van der Waals surface area (Å²) in [6, 6.07) is 5.32. The molecule has 2 fully saturated rings. The average Bonchev–Trinajstić information content (AvgIpc) is 2.86. The molecule has 0 radical (unpaired) electrons. The highest BCUT2D eigenvalue weighted by molar-refractivity contribution is 6.01. The van der Waals surface area contributed by atoms with Crippen LogP contribution < -0.4 is 14.4 Å². The van der Waals surface area contributed by atoms with Gasteiger partial charge in [-0.1, -0.05) is 0 Å². The van der Waals surface area contributed by atoms with Crippen molar-refractivity contribution in [3.8, 4) is 11.5 Å². The molecule has 0 aromatic heterocycles. The van der Waals surface area contributed by atoms with Gasteiger partial charge < -0.3 is 19.3 Å². The second-order valence-corrected chi connectivity index (χ2v) is 5.62. The van der Waals surface area contributed by atoms with Gasteiger partial charge in [0.05, 0.1) is 25.8 Å². The summed E-state index contributed by atoms with van der Waals surface area (Å²) in [5.41, 5.74) is 0.658. The molecule has 2 saturated heterocycles. The zero-order valence-corrected chi connectivity index (χ0v) is 12.9. The van der Waals surface area contributed by atoms with Crippen molar-refractivity contribution in [2.24, 2.45) is 5.92 Å². The van der Waals surface area contributed by atoms with Gasteiger partial charge in [0, 0.05) is 32.1 Å². The maximum Gasteiger partial charge on any atom is 0.228 e. The van der Waals surface area contributed by atoms with E-state index in [0.717, 1.165) is 19.5 Å². The molecule has 2 amide bonds. The molecule has 22 heavy (non-hydrogen) atoms. The summed E-state index contributed by atoms with van der Waals surface area (Å²) in [7, 11) is 3.14. The highest BCUT2D eigenvalue weighted by Gasteiger charge is 2.39. The van der Waals surface area contributed by atoms with E-state index in [-0.39, 0.29) is 24.2 Å². The predicted molar refractivity (Wildman–Crippen MR) is 81.2 cm³/mol. The number of rotatable bonds is 4. The first kappa shape index (κ1) is 14.7. The summed E-state index contributed by atoms with van der Waals surface area (Å²) >= 11 is 0. The minimum absolute atomic E-state index is 0.0505. The smallest absolute Gasteiger partial charge is 0.228 e. The van der Waals surface area contributed by atoms with E-state index in [1.165, 1.54) is 0 Å². The summed E-state index contributed by atoms with van der Waals surface area (Å²) in [6.07, 6.45) is 1.32. The summed E-state index contributed by atoms with van der Waals surface area (Å²) < 4.78 is 10.6. The maximum absolute atomic E-state index is 12.3. The van der Waals surface area contributed by atoms with Crippen LogP contribution in [0.3, 0.4) is 0 Å². The Morgan fingerprint density at radius 2 is 2.00 bits per heavy atom. The molecule has 1 atom stereocenters. The lowest BCUT2D eigenvalue weighted by Crippen LogP contribution is -2.45. The second kappa shape index (κ2) is 5.87. The summed E-state index contributed by atoms with van der Waals surface area (Å²) in [6.45, 7) is 2.02. The molecule has 0 spiro atoms. The van der Waals surface area contributed by atoms with Gasteiger partial charge in [-0.2, -0.15) is 0 Å². The summed E-state index contributed by atoms with van der Waals surface area (Å²) in [5.74, 6) is 1.03. The standard InChI is InChI=1S/C16H20N2O4/c1-21-12-4-5-14(22-2)13(9-12)18-10-11(8-15(18)19)16(20)17-6-3-7-17/h4-5,9,11H,3,6-8,10H2,1-2H3. The van der Waals surface area contributed by atoms with E-state index in [0.29, 0.717) is 23.7 Å². The molecule has 6 nitrogen and oxygen atoms in total. The van der Waals surface area contributed by atoms with Gasteiger partial charge in [-0.05, 0) is 18.6 Å². The number of ether oxygens (including phenoxy) is 2. The monoisotopic (exact) mass is 304 g/mol. The number of nitrogens with zero attached hydrogens (tertiary/aromatic N) is 2. The number of hydrogen-bond donors (Lipinski definition) is 0. The largest absolute Gasteiger partial charge is 0.497 e. The third kappa shape index (κ3) is 2.49. The van der Waals surface area contributed by atoms with Crippen molar-refractivity contribution in [2.45, 2.75) is 12.8 Å². The Kier molecular flexibility index (Phi) is 3.92. The van der Waals surface area contributed by atoms with Crippen molar-refractivity contribution in [2.75, 3.05) is 38.8 Å². The molecule has 0 N–H and O–H groups in total. The molecule has 6 heteroatoms. The van der Waals surface area contributed by atoms with Crippen molar-refractivity contribution in [1.82, 2.24) is 4.90 Å². The van der Waals surface area contributed by atoms with Crippen LogP contribution in [-0.2, 0) is 9.59 Å². The molecule has 2 aliphatic heterocycles. The van der Waals surface area contributed by atoms with Gasteiger partial charge in [0.1, 0.15) is 11.5 Å². The van der Waals surface area contributed by atoms with Crippen LogP contribution in [0.5, 0.6) is 11.5 Å². The van der Waals surface area contributed by atoms with Gasteiger partial charge in [0.25, 0.3) is 0 Å². The molecule has 0 bridgehead atoms. The SMILES string of the molecule is COc1ccc(OC)c(N2CC(C(=O)N3CCC3)CC2=O)c1. The highest BCUT2D eigenvalue weighted by Crippen LogP contribution is 2.36. The van der Waals surface area contributed by atoms with E-state index >= 15 is 0 Å². The van der Waals surface area contributed by atoms with Crippen LogP contribution in [0.1, 0.15) is 12.8 Å². The number of benzene rings is 1. The van der Waals surface area contributed by atoms with Crippen molar-refractivity contribution in [3.63, 3.8) is 0 Å². The van der Waals surface area contributed by atoms with E-state index in [2.05, 4.69) is 0 Å². The maximum atomic E-state index is 12.3. The number of carbonyl (C=O) groups is 2. The first-order valence-corrected chi connectivity index (χ1v) is 7.45. The number of likely N-dealkylation sites (tertiary alicyclic amines) is 1. The predicted octanol–water partition coefficient (Wildman–Crippen LogP) is 1.29. The molecule has 1 unspecified atom stereocenters. The molecule has 1 aromatic rings. The molecule has 2 heterocycles. The minimum Gasteiger partial charge on any atom is -0.497 e. The van der Waals surface area contributed by atoms with Crippen LogP contribution in [0.4, 0.5) is 5.69 Å². The molecule has 118 valence electrons. The fourth-order valence-electron chi connectivity index (χ4n) is 2.91. The lowest BCUT2D eigenvalue weighted by atomic mass is 10.0. The van der Waals surface area contributed by atoms with Gasteiger partial charge in [0.15, 0.2) is 0 Å². The number of carbonyl (C=O) groups excluding carboxylic acids is 2. The van der Waals surface area contributed by atoms with E-state index in [1.807, 2.05) is 4.90 Å². The average molecular weight is 304 g/mol. The van der Waals surface area contributed by atoms with Crippen LogP contribution in [0.2, 0.25) is 0 Å². The van der Waals surface area contributed by atoms with E-state index < -0.39 is 0 Å². The number of amides is 2. The van der Waals surface area contributed by atoms with Gasteiger partial charge in [-0.3, -0.25) is 9.59 Å². The van der Waals surface area contributed by atoms with Gasteiger partial charge in [0.2, 0.25) is 11.8 Å². The van der Waals surface area contributed by atoms with Crippen molar-refractivity contribution in [1.29, 1.82) is 0 Å². The Bertz CT molecular complexity index is 598. The molecule has 0 saturated carbocycles. The lowest BCUT2D eigenvalue weighted by molar-refractivity contribution is -0.139. The Morgan fingerprint density at radius 3 is 2.59 bits per heavy atom. The zero-order valence-electron chi connectivity index (χ0n) is 12.9. The van der Waals surface area contributed by atoms with Crippen molar-refractivity contribution < 1.29 is 19.1 Å². The minimum atomic E-state index is -0.260. The lowest BCUT2D eigenvalue weighted by Gasteiger charge is -2.33. The van der Waals surface area contributed by atoms with Gasteiger partial charge >= 0.3 is 0 Å². The van der Waals surface area contributed by atoms with Crippen LogP contribution in [0.25, 0.3) is 0 Å². The van der Waals surface area contributed by atoms with E-state index in [9.17, 15) is 9.59 Å². The first-order chi connectivity index (χ1) is 10.6. The number of methoxy groups -OCH3 is 2. The highest BCUT2D eigenvalue weighted by atomic mass is 16.5. The summed E-state index contributed by atoms with van der Waals surface area (Å²) in [4.78, 5) is 28.1. The normalized spacial score (nSPS) is 20.8.